The van der Waals surface area contributed by atoms with Crippen molar-refractivity contribution in [1.29, 1.82) is 0 Å². The molecular weight excluding hydrogens is 400 g/mol. The predicted molar refractivity (Wildman–Crippen MR) is 114 cm³/mol. The van der Waals surface area contributed by atoms with Crippen LogP contribution in [0.15, 0.2) is 47.0 Å². The number of nitrogens with zero attached hydrogens (tertiary/aromatic N) is 4. The summed E-state index contributed by atoms with van der Waals surface area (Å²) in [5.41, 5.74) is 1.50. The summed E-state index contributed by atoms with van der Waals surface area (Å²) < 4.78 is 13.1. The summed E-state index contributed by atoms with van der Waals surface area (Å²) in [5, 5.41) is 1.62. The van der Waals surface area contributed by atoms with E-state index in [1.165, 1.54) is 11.3 Å². The Bertz CT molecular complexity index is 1230. The molecule has 8 heteroatoms. The van der Waals surface area contributed by atoms with E-state index in [1.54, 1.807) is 13.1 Å². The van der Waals surface area contributed by atoms with Crippen LogP contribution in [0.4, 0.5) is 0 Å². The number of piperazine rings is 1. The number of hydrogen-bond acceptors (Lipinski definition) is 7. The van der Waals surface area contributed by atoms with Gasteiger partial charge in [0, 0.05) is 49.7 Å². The number of likely N-dealkylation sites (tertiary alicyclic amines) is 2. The maximum Gasteiger partial charge on any atom is 0.281 e. The smallest absolute Gasteiger partial charge is 0.281 e. The van der Waals surface area contributed by atoms with E-state index in [1.807, 2.05) is 35.2 Å². The average Bonchev–Trinajstić information content (AvgIpc) is 3.49. The highest BCUT2D eigenvalue weighted by molar-refractivity contribution is 7.20. The van der Waals surface area contributed by atoms with Crippen molar-refractivity contribution in [2.45, 2.75) is 32.0 Å². The molecule has 1 amide bonds. The van der Waals surface area contributed by atoms with E-state index in [0.717, 1.165) is 47.5 Å². The van der Waals surface area contributed by atoms with Crippen molar-refractivity contribution >= 4 is 38.6 Å². The topological polar surface area (TPSA) is 71.7 Å². The summed E-state index contributed by atoms with van der Waals surface area (Å²) in [6.07, 6.45) is 2.79. The molecule has 5 heterocycles. The van der Waals surface area contributed by atoms with Crippen LogP contribution in [0.5, 0.6) is 10.9 Å². The molecule has 2 saturated heterocycles. The van der Waals surface area contributed by atoms with E-state index >= 15 is 0 Å². The fourth-order valence-corrected chi connectivity index (χ4v) is 5.42. The van der Waals surface area contributed by atoms with Gasteiger partial charge >= 0.3 is 0 Å². The average molecular weight is 420 g/mol. The van der Waals surface area contributed by atoms with Crippen LogP contribution < -0.4 is 4.74 Å². The minimum atomic E-state index is 0.183. The van der Waals surface area contributed by atoms with Crippen molar-refractivity contribution < 1.29 is 13.9 Å². The first-order valence-corrected chi connectivity index (χ1v) is 10.9. The van der Waals surface area contributed by atoms with Crippen molar-refractivity contribution in [2.24, 2.45) is 0 Å². The number of thiazole rings is 1. The van der Waals surface area contributed by atoms with E-state index in [9.17, 15) is 4.79 Å². The Morgan fingerprint density at radius 1 is 1.27 bits per heavy atom. The third kappa shape index (κ3) is 3.03. The van der Waals surface area contributed by atoms with Crippen molar-refractivity contribution in [1.82, 2.24) is 19.8 Å². The molecule has 2 fully saturated rings. The molecule has 0 saturated carbocycles. The molecule has 0 radical (unpaired) electrons. The van der Waals surface area contributed by atoms with E-state index in [2.05, 4.69) is 20.9 Å². The number of furan rings is 1. The second-order valence-corrected chi connectivity index (χ2v) is 8.96. The quantitative estimate of drug-likeness (QED) is 0.496. The van der Waals surface area contributed by atoms with Crippen LogP contribution in [0.25, 0.3) is 21.3 Å². The molecule has 0 unspecified atom stereocenters. The van der Waals surface area contributed by atoms with Gasteiger partial charge in [-0.05, 0) is 36.8 Å². The summed E-state index contributed by atoms with van der Waals surface area (Å²) in [5.74, 6) is 1.82. The minimum Gasteiger partial charge on any atom is -0.460 e. The number of ether oxygens (including phenoxy) is 1. The molecule has 0 spiro atoms. The number of fused-ring (bicyclic) bond motifs is 4. The minimum absolute atomic E-state index is 0.183. The van der Waals surface area contributed by atoms with Gasteiger partial charge in [-0.1, -0.05) is 11.3 Å². The third-order valence-electron chi connectivity index (χ3n) is 6.01. The van der Waals surface area contributed by atoms with Gasteiger partial charge in [0.25, 0.3) is 5.19 Å². The Morgan fingerprint density at radius 3 is 3.00 bits per heavy atom. The summed E-state index contributed by atoms with van der Waals surface area (Å²) in [7, 11) is 0. The lowest BCUT2D eigenvalue weighted by molar-refractivity contribution is -0.131. The number of carbonyl (C=O) groups excluding carboxylic acids is 1. The van der Waals surface area contributed by atoms with Crippen molar-refractivity contribution in [3.63, 3.8) is 0 Å². The number of pyridine rings is 1. The normalized spacial score (nSPS) is 21.2. The standard InChI is InChI=1S/C22H20N4O3S/c1-13(27)26-11-15-8-16(26)10-25(15)12-18-7-14-4-5-17(9-19(14)28-18)29-22-24-21-20(30-22)3-2-6-23-21/h2-7,9,15-16H,8,10-12H2,1H3/t15-,16-/m1/s1. The number of benzene rings is 1. The molecule has 1 aromatic carbocycles. The van der Waals surface area contributed by atoms with Gasteiger partial charge in [-0.2, -0.15) is 4.98 Å². The molecule has 2 aliphatic rings. The molecule has 0 N–H and O–H groups in total. The van der Waals surface area contributed by atoms with E-state index in [-0.39, 0.29) is 5.91 Å². The van der Waals surface area contributed by atoms with E-state index in [4.69, 9.17) is 9.15 Å². The molecular formula is C22H20N4O3S. The first-order valence-electron chi connectivity index (χ1n) is 10.1. The molecule has 2 bridgehead atoms. The Morgan fingerprint density at radius 2 is 2.20 bits per heavy atom. The zero-order valence-corrected chi connectivity index (χ0v) is 17.3. The summed E-state index contributed by atoms with van der Waals surface area (Å²) in [6.45, 7) is 4.17. The molecule has 0 aliphatic carbocycles. The van der Waals surface area contributed by atoms with Crippen LogP contribution in [0.3, 0.4) is 0 Å². The van der Waals surface area contributed by atoms with Crippen LogP contribution >= 0.6 is 11.3 Å². The van der Waals surface area contributed by atoms with Crippen LogP contribution in [-0.2, 0) is 11.3 Å². The van der Waals surface area contributed by atoms with Gasteiger partial charge in [-0.25, -0.2) is 4.98 Å². The molecule has 2 aliphatic heterocycles. The fourth-order valence-electron chi connectivity index (χ4n) is 4.63. The monoisotopic (exact) mass is 420 g/mol. The molecule has 152 valence electrons. The Balaban J connectivity index is 1.19. The number of hydrogen-bond donors (Lipinski definition) is 0. The molecule has 3 aromatic heterocycles. The lowest BCUT2D eigenvalue weighted by Crippen LogP contribution is -2.47. The van der Waals surface area contributed by atoms with Crippen molar-refractivity contribution in [3.05, 3.63) is 48.4 Å². The van der Waals surface area contributed by atoms with Gasteiger partial charge in [-0.15, -0.1) is 0 Å². The van der Waals surface area contributed by atoms with Crippen molar-refractivity contribution in [2.75, 3.05) is 13.1 Å². The second kappa shape index (κ2) is 6.78. The maximum atomic E-state index is 11.7. The second-order valence-electron chi connectivity index (χ2n) is 7.96. The summed E-state index contributed by atoms with van der Waals surface area (Å²) in [6, 6.07) is 12.6. The largest absolute Gasteiger partial charge is 0.460 e. The Hall–Kier alpha value is -2.97. The first kappa shape index (κ1) is 17.9. The van der Waals surface area contributed by atoms with Gasteiger partial charge in [0.15, 0.2) is 5.65 Å². The maximum absolute atomic E-state index is 11.7. The Labute approximate surface area is 176 Å². The Kier molecular flexibility index (Phi) is 4.04. The number of amides is 1. The lowest BCUT2D eigenvalue weighted by atomic mass is 10.2. The van der Waals surface area contributed by atoms with Crippen LogP contribution in [0, 0.1) is 0 Å². The predicted octanol–water partition coefficient (Wildman–Crippen LogP) is 4.03. The number of aromatic nitrogens is 2. The van der Waals surface area contributed by atoms with E-state index < -0.39 is 0 Å². The van der Waals surface area contributed by atoms with Crippen LogP contribution in [-0.4, -0.2) is 50.8 Å². The fraction of sp³-hybridized carbons (Fsp3) is 0.318. The first-order chi connectivity index (χ1) is 14.6. The van der Waals surface area contributed by atoms with Crippen LogP contribution in [0.1, 0.15) is 19.1 Å². The number of rotatable bonds is 4. The highest BCUT2D eigenvalue weighted by atomic mass is 32.1. The molecule has 4 aromatic rings. The SMILES string of the molecule is CC(=O)N1C[C@H]2C[C@@H]1CN2Cc1cc2ccc(Oc3nc4ncccc4s3)cc2o1. The van der Waals surface area contributed by atoms with Crippen LogP contribution in [0.2, 0.25) is 0 Å². The third-order valence-corrected chi connectivity index (χ3v) is 6.90. The summed E-state index contributed by atoms with van der Waals surface area (Å²) >= 11 is 1.47. The summed E-state index contributed by atoms with van der Waals surface area (Å²) in [4.78, 5) is 24.8. The van der Waals surface area contributed by atoms with Crippen molar-refractivity contribution in [3.8, 4) is 10.9 Å². The van der Waals surface area contributed by atoms with E-state index in [0.29, 0.717) is 28.7 Å². The van der Waals surface area contributed by atoms with Gasteiger partial charge in [0.05, 0.1) is 11.2 Å². The van der Waals surface area contributed by atoms with Gasteiger partial charge in [0.2, 0.25) is 5.91 Å². The molecule has 7 nitrogen and oxygen atoms in total. The molecule has 6 rings (SSSR count). The van der Waals surface area contributed by atoms with Gasteiger partial charge in [-0.3, -0.25) is 9.69 Å². The number of carbonyl (C=O) groups is 1. The van der Waals surface area contributed by atoms with Gasteiger partial charge in [0.1, 0.15) is 17.1 Å². The van der Waals surface area contributed by atoms with Gasteiger partial charge < -0.3 is 14.1 Å². The zero-order chi connectivity index (χ0) is 20.2. The molecule has 30 heavy (non-hydrogen) atoms. The lowest BCUT2D eigenvalue weighted by Gasteiger charge is -2.33. The highest BCUT2D eigenvalue weighted by Gasteiger charge is 2.44. The highest BCUT2D eigenvalue weighted by Crippen LogP contribution is 2.34. The zero-order valence-electron chi connectivity index (χ0n) is 16.4. The molecule has 2 atom stereocenters.